The van der Waals surface area contributed by atoms with Crippen molar-refractivity contribution in [1.82, 2.24) is 4.98 Å². The van der Waals surface area contributed by atoms with E-state index in [0.717, 1.165) is 11.3 Å². The van der Waals surface area contributed by atoms with Crippen molar-refractivity contribution in [3.8, 4) is 0 Å². The average Bonchev–Trinajstić information content (AvgIpc) is 2.33. The first-order valence-electron chi connectivity index (χ1n) is 5.08. The van der Waals surface area contributed by atoms with Crippen LogP contribution in [0.15, 0.2) is 42.6 Å². The number of carbonyl (C=O) groups is 1. The second kappa shape index (κ2) is 4.97. The van der Waals surface area contributed by atoms with Gasteiger partial charge in [0.05, 0.1) is 5.56 Å². The second-order valence-electron chi connectivity index (χ2n) is 3.61. The molecule has 3 nitrogen and oxygen atoms in total. The summed E-state index contributed by atoms with van der Waals surface area (Å²) in [6.45, 7) is 0. The highest BCUT2D eigenvalue weighted by Crippen LogP contribution is 2.20. The van der Waals surface area contributed by atoms with Crippen LogP contribution in [0, 0.1) is 0 Å². The van der Waals surface area contributed by atoms with Crippen molar-refractivity contribution in [2.75, 3.05) is 0 Å². The zero-order valence-corrected chi connectivity index (χ0v) is 9.69. The van der Waals surface area contributed by atoms with Crippen molar-refractivity contribution < 1.29 is 9.90 Å². The van der Waals surface area contributed by atoms with Crippen LogP contribution in [0.25, 0.3) is 0 Å². The van der Waals surface area contributed by atoms with Crippen LogP contribution in [0.3, 0.4) is 0 Å². The van der Waals surface area contributed by atoms with Crippen molar-refractivity contribution in [2.45, 2.75) is 6.42 Å². The molecule has 0 unspecified atom stereocenters. The lowest BCUT2D eigenvalue weighted by Gasteiger charge is -2.05. The van der Waals surface area contributed by atoms with Crippen LogP contribution in [0.5, 0.6) is 0 Å². The number of aromatic carboxylic acids is 1. The Morgan fingerprint density at radius 2 is 2.12 bits per heavy atom. The molecule has 1 N–H and O–H groups in total. The number of hydrogen-bond donors (Lipinski definition) is 1. The van der Waals surface area contributed by atoms with Crippen molar-refractivity contribution in [2.24, 2.45) is 0 Å². The summed E-state index contributed by atoms with van der Waals surface area (Å²) in [7, 11) is 0. The highest BCUT2D eigenvalue weighted by Gasteiger charge is 2.08. The van der Waals surface area contributed by atoms with Crippen molar-refractivity contribution in [3.05, 3.63) is 64.4 Å². The molecule has 0 saturated heterocycles. The van der Waals surface area contributed by atoms with E-state index in [-0.39, 0.29) is 5.56 Å². The number of halogens is 1. The molecule has 0 fully saturated rings. The molecule has 17 heavy (non-hydrogen) atoms. The number of benzene rings is 1. The van der Waals surface area contributed by atoms with Crippen molar-refractivity contribution in [1.29, 1.82) is 0 Å². The summed E-state index contributed by atoms with van der Waals surface area (Å²) in [5.41, 5.74) is 1.86. The standard InChI is InChI=1S/C13H10ClNO2/c14-12-5-4-9(13(16)17)7-10(12)8-11-3-1-2-6-15-11/h1-7H,8H2,(H,16,17). The number of carboxylic acids is 1. The van der Waals surface area contributed by atoms with Crippen LogP contribution in [-0.2, 0) is 6.42 Å². The predicted octanol–water partition coefficient (Wildman–Crippen LogP) is 3.02. The van der Waals surface area contributed by atoms with E-state index in [0.29, 0.717) is 11.4 Å². The molecular formula is C13H10ClNO2. The Hall–Kier alpha value is -1.87. The van der Waals surface area contributed by atoms with Gasteiger partial charge in [-0.05, 0) is 35.9 Å². The molecule has 0 saturated carbocycles. The first-order chi connectivity index (χ1) is 8.16. The molecule has 0 atom stereocenters. The van der Waals surface area contributed by atoms with Gasteiger partial charge in [-0.3, -0.25) is 4.98 Å². The Morgan fingerprint density at radius 3 is 2.76 bits per heavy atom. The van der Waals surface area contributed by atoms with E-state index in [1.54, 1.807) is 18.3 Å². The molecule has 0 radical (unpaired) electrons. The number of rotatable bonds is 3. The van der Waals surface area contributed by atoms with Gasteiger partial charge in [-0.1, -0.05) is 17.7 Å². The minimum Gasteiger partial charge on any atom is -0.478 e. The minimum absolute atomic E-state index is 0.236. The fourth-order valence-electron chi connectivity index (χ4n) is 1.54. The third-order valence-electron chi connectivity index (χ3n) is 2.39. The lowest BCUT2D eigenvalue weighted by molar-refractivity contribution is 0.0697. The van der Waals surface area contributed by atoms with Crippen LogP contribution in [0.4, 0.5) is 0 Å². The van der Waals surface area contributed by atoms with Gasteiger partial charge in [0.1, 0.15) is 0 Å². The summed E-state index contributed by atoms with van der Waals surface area (Å²) >= 11 is 6.03. The van der Waals surface area contributed by atoms with Gasteiger partial charge in [0.25, 0.3) is 0 Å². The van der Waals surface area contributed by atoms with E-state index in [2.05, 4.69) is 4.98 Å². The van der Waals surface area contributed by atoms with E-state index < -0.39 is 5.97 Å². The summed E-state index contributed by atoms with van der Waals surface area (Å²) in [6.07, 6.45) is 2.23. The summed E-state index contributed by atoms with van der Waals surface area (Å²) in [4.78, 5) is 15.0. The van der Waals surface area contributed by atoms with E-state index in [1.165, 1.54) is 6.07 Å². The number of hydrogen-bond acceptors (Lipinski definition) is 2. The van der Waals surface area contributed by atoms with Crippen LogP contribution in [0.2, 0.25) is 5.02 Å². The maximum Gasteiger partial charge on any atom is 0.335 e. The summed E-state index contributed by atoms with van der Waals surface area (Å²) in [6, 6.07) is 10.3. The van der Waals surface area contributed by atoms with Gasteiger partial charge < -0.3 is 5.11 Å². The largest absolute Gasteiger partial charge is 0.478 e. The average molecular weight is 248 g/mol. The van der Waals surface area contributed by atoms with E-state index in [1.807, 2.05) is 18.2 Å². The molecule has 2 rings (SSSR count). The van der Waals surface area contributed by atoms with Gasteiger partial charge in [0.15, 0.2) is 0 Å². The molecule has 0 spiro atoms. The molecule has 1 aromatic carbocycles. The van der Waals surface area contributed by atoms with Crippen LogP contribution in [0.1, 0.15) is 21.6 Å². The van der Waals surface area contributed by atoms with Gasteiger partial charge in [0, 0.05) is 23.3 Å². The zero-order valence-electron chi connectivity index (χ0n) is 8.93. The molecule has 1 heterocycles. The first-order valence-corrected chi connectivity index (χ1v) is 5.46. The topological polar surface area (TPSA) is 50.2 Å². The predicted molar refractivity (Wildman–Crippen MR) is 65.5 cm³/mol. The number of aromatic nitrogens is 1. The van der Waals surface area contributed by atoms with Gasteiger partial charge in [0.2, 0.25) is 0 Å². The Kier molecular flexibility index (Phi) is 3.40. The summed E-state index contributed by atoms with van der Waals surface area (Å²) in [5, 5.41) is 9.46. The number of pyridine rings is 1. The molecule has 1 aromatic heterocycles. The molecule has 86 valence electrons. The van der Waals surface area contributed by atoms with Crippen molar-refractivity contribution >= 4 is 17.6 Å². The van der Waals surface area contributed by atoms with Gasteiger partial charge in [-0.15, -0.1) is 0 Å². The quantitative estimate of drug-likeness (QED) is 0.907. The second-order valence-corrected chi connectivity index (χ2v) is 4.02. The Labute approximate surface area is 104 Å². The minimum atomic E-state index is -0.955. The highest BCUT2D eigenvalue weighted by molar-refractivity contribution is 6.31. The SMILES string of the molecule is O=C(O)c1ccc(Cl)c(Cc2ccccn2)c1. The summed E-state index contributed by atoms with van der Waals surface area (Å²) < 4.78 is 0. The third kappa shape index (κ3) is 2.82. The van der Waals surface area contributed by atoms with Gasteiger partial charge in [-0.25, -0.2) is 4.79 Å². The molecule has 4 heteroatoms. The van der Waals surface area contributed by atoms with E-state index in [4.69, 9.17) is 16.7 Å². The maximum atomic E-state index is 10.9. The van der Waals surface area contributed by atoms with Gasteiger partial charge >= 0.3 is 5.97 Å². The smallest absolute Gasteiger partial charge is 0.335 e. The lowest BCUT2D eigenvalue weighted by atomic mass is 10.1. The third-order valence-corrected chi connectivity index (χ3v) is 2.76. The Balaban J connectivity index is 2.32. The fraction of sp³-hybridized carbons (Fsp3) is 0.0769. The molecule has 0 aliphatic carbocycles. The Bertz CT molecular complexity index is 540. The molecular weight excluding hydrogens is 238 g/mol. The number of carboxylic acid groups (broad SMARTS) is 1. The van der Waals surface area contributed by atoms with Crippen LogP contribution in [-0.4, -0.2) is 16.1 Å². The normalized spacial score (nSPS) is 10.2. The van der Waals surface area contributed by atoms with E-state index >= 15 is 0 Å². The molecule has 0 bridgehead atoms. The summed E-state index contributed by atoms with van der Waals surface area (Å²) in [5.74, 6) is -0.955. The van der Waals surface area contributed by atoms with Crippen molar-refractivity contribution in [3.63, 3.8) is 0 Å². The molecule has 2 aromatic rings. The zero-order chi connectivity index (χ0) is 12.3. The lowest BCUT2D eigenvalue weighted by Crippen LogP contribution is -1.99. The highest BCUT2D eigenvalue weighted by atomic mass is 35.5. The fourth-order valence-corrected chi connectivity index (χ4v) is 1.73. The molecule has 0 aliphatic rings. The Morgan fingerprint density at radius 1 is 1.29 bits per heavy atom. The first kappa shape index (κ1) is 11.6. The van der Waals surface area contributed by atoms with Crippen LogP contribution >= 0.6 is 11.6 Å². The molecule has 0 amide bonds. The maximum absolute atomic E-state index is 10.9. The number of nitrogens with zero attached hydrogens (tertiary/aromatic N) is 1. The van der Waals surface area contributed by atoms with Gasteiger partial charge in [-0.2, -0.15) is 0 Å². The monoisotopic (exact) mass is 247 g/mol. The van der Waals surface area contributed by atoms with Crippen LogP contribution < -0.4 is 0 Å². The molecule has 0 aliphatic heterocycles. The van der Waals surface area contributed by atoms with E-state index in [9.17, 15) is 4.79 Å².